The first-order valence-corrected chi connectivity index (χ1v) is 7.66. The highest BCUT2D eigenvalue weighted by molar-refractivity contribution is 5.77. The Balaban J connectivity index is 1.83. The van der Waals surface area contributed by atoms with Crippen LogP contribution >= 0.6 is 0 Å². The predicted octanol–water partition coefficient (Wildman–Crippen LogP) is 3.80. The number of methoxy groups -OCH3 is 1. The fraction of sp³-hybridized carbons (Fsp3) is 0.105. The molecule has 0 aliphatic heterocycles. The van der Waals surface area contributed by atoms with Gasteiger partial charge in [0.2, 0.25) is 0 Å². The van der Waals surface area contributed by atoms with Crippen molar-refractivity contribution >= 4 is 11.0 Å². The molecule has 0 saturated carbocycles. The van der Waals surface area contributed by atoms with Crippen LogP contribution in [-0.2, 0) is 0 Å². The molecule has 0 amide bonds. The van der Waals surface area contributed by atoms with Gasteiger partial charge in [0.25, 0.3) is 0 Å². The minimum absolute atomic E-state index is 0.862. The number of aryl methyl sites for hydroxylation is 1. The van der Waals surface area contributed by atoms with E-state index in [2.05, 4.69) is 25.6 Å². The van der Waals surface area contributed by atoms with Gasteiger partial charge in [0, 0.05) is 36.0 Å². The van der Waals surface area contributed by atoms with Crippen LogP contribution in [0.15, 0.2) is 61.2 Å². The number of ether oxygens (including phenoxy) is 1. The molecule has 0 atom stereocenters. The lowest BCUT2D eigenvalue weighted by Crippen LogP contribution is -1.98. The van der Waals surface area contributed by atoms with Crippen LogP contribution in [-0.4, -0.2) is 26.6 Å². The van der Waals surface area contributed by atoms with Crippen molar-refractivity contribution in [2.24, 2.45) is 0 Å². The van der Waals surface area contributed by atoms with Crippen molar-refractivity contribution in [2.45, 2.75) is 6.92 Å². The Labute approximate surface area is 139 Å². The zero-order chi connectivity index (χ0) is 16.5. The number of nitrogens with zero attached hydrogens (tertiary/aromatic N) is 4. The smallest absolute Gasteiger partial charge is 0.144 e. The van der Waals surface area contributed by atoms with Gasteiger partial charge in [-0.1, -0.05) is 0 Å². The average Bonchev–Trinajstić information content (AvgIpc) is 3.11. The van der Waals surface area contributed by atoms with Gasteiger partial charge in [-0.05, 0) is 48.9 Å². The van der Waals surface area contributed by atoms with Crippen LogP contribution in [0.5, 0.6) is 5.75 Å². The highest BCUT2D eigenvalue weighted by Crippen LogP contribution is 2.27. The number of imidazole rings is 1. The molecule has 4 aromatic rings. The molecule has 0 radical (unpaired) electrons. The van der Waals surface area contributed by atoms with E-state index in [-0.39, 0.29) is 0 Å². The average molecular weight is 316 g/mol. The lowest BCUT2D eigenvalue weighted by atomic mass is 10.1. The van der Waals surface area contributed by atoms with E-state index in [1.807, 2.05) is 43.5 Å². The summed E-state index contributed by atoms with van der Waals surface area (Å²) < 4.78 is 7.39. The molecule has 0 saturated heterocycles. The third kappa shape index (κ3) is 2.40. The van der Waals surface area contributed by atoms with Gasteiger partial charge in [-0.25, -0.2) is 4.98 Å². The Hall–Kier alpha value is -3.21. The fourth-order valence-corrected chi connectivity index (χ4v) is 2.84. The summed E-state index contributed by atoms with van der Waals surface area (Å²) >= 11 is 0. The molecule has 2 aromatic carbocycles. The highest BCUT2D eigenvalue weighted by atomic mass is 16.5. The first-order chi connectivity index (χ1) is 11.8. The van der Waals surface area contributed by atoms with Crippen LogP contribution < -0.4 is 4.74 Å². The molecule has 0 N–H and O–H groups in total. The number of fused-ring (bicyclic) bond motifs is 1. The Morgan fingerprint density at radius 3 is 2.50 bits per heavy atom. The van der Waals surface area contributed by atoms with Crippen LogP contribution in [0.1, 0.15) is 5.56 Å². The molecule has 0 aliphatic carbocycles. The molecule has 0 fully saturated rings. The van der Waals surface area contributed by atoms with Crippen molar-refractivity contribution in [3.63, 3.8) is 0 Å². The zero-order valence-corrected chi connectivity index (χ0v) is 13.5. The third-order valence-corrected chi connectivity index (χ3v) is 4.02. The molecule has 2 aromatic heterocycles. The fourth-order valence-electron chi connectivity index (χ4n) is 2.84. The van der Waals surface area contributed by atoms with Gasteiger partial charge in [0.1, 0.15) is 11.6 Å². The van der Waals surface area contributed by atoms with E-state index >= 15 is 0 Å². The van der Waals surface area contributed by atoms with Crippen molar-refractivity contribution in [1.82, 2.24) is 19.5 Å². The standard InChI is InChI=1S/C19H16N4O/c1-13-11-14(3-6-18(13)24-2)19-22-9-10-23(19)15-4-5-16-17(12-15)21-8-7-20-16/h3-12H,1-2H3. The first kappa shape index (κ1) is 14.4. The van der Waals surface area contributed by atoms with Gasteiger partial charge >= 0.3 is 0 Å². The summed E-state index contributed by atoms with van der Waals surface area (Å²) in [7, 11) is 1.68. The van der Waals surface area contributed by atoms with Crippen molar-refractivity contribution in [3.05, 3.63) is 66.7 Å². The normalized spacial score (nSPS) is 10.9. The molecular weight excluding hydrogens is 300 g/mol. The van der Waals surface area contributed by atoms with Crippen LogP contribution in [0.3, 0.4) is 0 Å². The summed E-state index contributed by atoms with van der Waals surface area (Å²) in [6.45, 7) is 2.03. The van der Waals surface area contributed by atoms with Gasteiger partial charge < -0.3 is 4.74 Å². The number of rotatable bonds is 3. The minimum Gasteiger partial charge on any atom is -0.496 e. The van der Waals surface area contributed by atoms with Crippen LogP contribution in [0.4, 0.5) is 0 Å². The summed E-state index contributed by atoms with van der Waals surface area (Å²) in [5.41, 5.74) is 4.86. The van der Waals surface area contributed by atoms with E-state index in [9.17, 15) is 0 Å². The maximum Gasteiger partial charge on any atom is 0.144 e. The van der Waals surface area contributed by atoms with Crippen molar-refractivity contribution in [3.8, 4) is 22.8 Å². The molecule has 0 unspecified atom stereocenters. The molecule has 4 rings (SSSR count). The van der Waals surface area contributed by atoms with Crippen molar-refractivity contribution < 1.29 is 4.74 Å². The summed E-state index contributed by atoms with van der Waals surface area (Å²) in [5.74, 6) is 1.75. The molecule has 2 heterocycles. The molecule has 118 valence electrons. The Kier molecular flexibility index (Phi) is 3.46. The maximum absolute atomic E-state index is 5.34. The van der Waals surface area contributed by atoms with Crippen molar-refractivity contribution in [2.75, 3.05) is 7.11 Å². The molecule has 5 nitrogen and oxygen atoms in total. The third-order valence-electron chi connectivity index (χ3n) is 4.02. The first-order valence-electron chi connectivity index (χ1n) is 7.66. The van der Waals surface area contributed by atoms with Gasteiger partial charge in [-0.2, -0.15) is 0 Å². The van der Waals surface area contributed by atoms with Gasteiger partial charge in [0.15, 0.2) is 0 Å². The monoisotopic (exact) mass is 316 g/mol. The second-order valence-electron chi connectivity index (χ2n) is 5.53. The molecule has 0 bridgehead atoms. The molecule has 0 aliphatic rings. The van der Waals surface area contributed by atoms with E-state index < -0.39 is 0 Å². The number of benzene rings is 2. The Bertz CT molecular complexity index is 1020. The lowest BCUT2D eigenvalue weighted by molar-refractivity contribution is 0.412. The zero-order valence-electron chi connectivity index (χ0n) is 13.5. The molecule has 0 spiro atoms. The Morgan fingerprint density at radius 2 is 1.71 bits per heavy atom. The highest BCUT2D eigenvalue weighted by Gasteiger charge is 2.10. The second kappa shape index (κ2) is 5.77. The molecular formula is C19H16N4O. The van der Waals surface area contributed by atoms with Crippen molar-refractivity contribution in [1.29, 1.82) is 0 Å². The van der Waals surface area contributed by atoms with E-state index in [0.29, 0.717) is 0 Å². The van der Waals surface area contributed by atoms with Gasteiger partial charge in [-0.15, -0.1) is 0 Å². The summed E-state index contributed by atoms with van der Waals surface area (Å²) in [5, 5.41) is 0. The molecule has 5 heteroatoms. The van der Waals surface area contributed by atoms with Crippen LogP contribution in [0.25, 0.3) is 28.1 Å². The maximum atomic E-state index is 5.34. The van der Waals surface area contributed by atoms with E-state index in [1.54, 1.807) is 25.7 Å². The van der Waals surface area contributed by atoms with Gasteiger partial charge in [0.05, 0.1) is 18.1 Å². The van der Waals surface area contributed by atoms with Crippen LogP contribution in [0, 0.1) is 6.92 Å². The minimum atomic E-state index is 0.862. The summed E-state index contributed by atoms with van der Waals surface area (Å²) in [4.78, 5) is 13.2. The van der Waals surface area contributed by atoms with E-state index in [4.69, 9.17) is 4.74 Å². The second-order valence-corrected chi connectivity index (χ2v) is 5.53. The predicted molar refractivity (Wildman–Crippen MR) is 93.4 cm³/mol. The van der Waals surface area contributed by atoms with Gasteiger partial charge in [-0.3, -0.25) is 14.5 Å². The van der Waals surface area contributed by atoms with Crippen LogP contribution in [0.2, 0.25) is 0 Å². The number of aromatic nitrogens is 4. The Morgan fingerprint density at radius 1 is 0.875 bits per heavy atom. The summed E-state index contributed by atoms with van der Waals surface area (Å²) in [6.07, 6.45) is 7.15. The van der Waals surface area contributed by atoms with E-state index in [1.165, 1.54) is 0 Å². The molecule has 24 heavy (non-hydrogen) atoms. The number of hydrogen-bond donors (Lipinski definition) is 0. The largest absolute Gasteiger partial charge is 0.496 e. The topological polar surface area (TPSA) is 52.8 Å². The SMILES string of the molecule is COc1ccc(-c2nccn2-c2ccc3nccnc3c2)cc1C. The summed E-state index contributed by atoms with van der Waals surface area (Å²) in [6, 6.07) is 12.1. The van der Waals surface area contributed by atoms with E-state index in [0.717, 1.165) is 39.4 Å². The quantitative estimate of drug-likeness (QED) is 0.577. The number of hydrogen-bond acceptors (Lipinski definition) is 4. The lowest BCUT2D eigenvalue weighted by Gasteiger charge is -2.11.